The van der Waals surface area contributed by atoms with Gasteiger partial charge in [-0.2, -0.15) is 0 Å². The number of guanidine groups is 1. The lowest BCUT2D eigenvalue weighted by molar-refractivity contribution is 0.208. The van der Waals surface area contributed by atoms with Gasteiger partial charge in [0, 0.05) is 19.1 Å². The average Bonchev–Trinajstić information content (AvgIpc) is 3.09. The van der Waals surface area contributed by atoms with Gasteiger partial charge in [-0.05, 0) is 18.1 Å². The van der Waals surface area contributed by atoms with Crippen molar-refractivity contribution in [3.05, 3.63) is 35.6 Å². The zero-order valence-electron chi connectivity index (χ0n) is 10.4. The molecule has 1 fully saturated rings. The Hall–Kier alpha value is -1.62. The SMILES string of the molecule is COCCN=C(N)NC1CC1c1ccccc1F. The van der Waals surface area contributed by atoms with E-state index in [4.69, 9.17) is 10.5 Å². The number of nitrogens with zero attached hydrogens (tertiary/aromatic N) is 1. The number of benzene rings is 1. The van der Waals surface area contributed by atoms with Crippen LogP contribution in [0, 0.1) is 5.82 Å². The molecule has 1 saturated carbocycles. The lowest BCUT2D eigenvalue weighted by Gasteiger charge is -2.05. The highest BCUT2D eigenvalue weighted by molar-refractivity contribution is 5.78. The van der Waals surface area contributed by atoms with Crippen LogP contribution in [0.15, 0.2) is 29.3 Å². The molecular formula is C13H18FN3O. The summed E-state index contributed by atoms with van der Waals surface area (Å²) in [7, 11) is 1.62. The highest BCUT2D eigenvalue weighted by Gasteiger charge is 2.40. The quantitative estimate of drug-likeness (QED) is 0.470. The Morgan fingerprint density at radius 2 is 2.33 bits per heavy atom. The van der Waals surface area contributed by atoms with Crippen molar-refractivity contribution in [3.63, 3.8) is 0 Å². The van der Waals surface area contributed by atoms with E-state index in [9.17, 15) is 4.39 Å². The molecule has 18 heavy (non-hydrogen) atoms. The maximum absolute atomic E-state index is 13.5. The third-order valence-corrected chi connectivity index (χ3v) is 3.01. The van der Waals surface area contributed by atoms with Crippen molar-refractivity contribution in [2.45, 2.75) is 18.4 Å². The van der Waals surface area contributed by atoms with Crippen LogP contribution in [0.3, 0.4) is 0 Å². The Balaban J connectivity index is 1.85. The third-order valence-electron chi connectivity index (χ3n) is 3.01. The van der Waals surface area contributed by atoms with Gasteiger partial charge in [0.25, 0.3) is 0 Å². The minimum atomic E-state index is -0.151. The first kappa shape index (κ1) is 12.8. The molecule has 98 valence electrons. The van der Waals surface area contributed by atoms with E-state index in [1.54, 1.807) is 13.2 Å². The summed E-state index contributed by atoms with van der Waals surface area (Å²) in [6.07, 6.45) is 0.890. The molecule has 0 aliphatic heterocycles. The van der Waals surface area contributed by atoms with Gasteiger partial charge < -0.3 is 15.8 Å². The Morgan fingerprint density at radius 1 is 1.56 bits per heavy atom. The molecule has 1 aromatic carbocycles. The van der Waals surface area contributed by atoms with Crippen molar-refractivity contribution in [2.24, 2.45) is 10.7 Å². The monoisotopic (exact) mass is 251 g/mol. The van der Waals surface area contributed by atoms with Gasteiger partial charge >= 0.3 is 0 Å². The van der Waals surface area contributed by atoms with Crippen LogP contribution >= 0.6 is 0 Å². The third kappa shape index (κ3) is 3.20. The minimum absolute atomic E-state index is 0.151. The number of rotatable bonds is 5. The second kappa shape index (κ2) is 5.82. The molecule has 3 N–H and O–H groups in total. The first-order chi connectivity index (χ1) is 8.72. The predicted octanol–water partition coefficient (Wildman–Crippen LogP) is 1.23. The molecule has 2 unspecified atom stereocenters. The molecule has 0 radical (unpaired) electrons. The predicted molar refractivity (Wildman–Crippen MR) is 69.0 cm³/mol. The van der Waals surface area contributed by atoms with Crippen LogP contribution in [-0.4, -0.2) is 32.3 Å². The largest absolute Gasteiger partial charge is 0.383 e. The molecule has 0 saturated heterocycles. The fourth-order valence-electron chi connectivity index (χ4n) is 1.97. The summed E-state index contributed by atoms with van der Waals surface area (Å²) < 4.78 is 18.4. The van der Waals surface area contributed by atoms with Gasteiger partial charge in [0.15, 0.2) is 5.96 Å². The Kier molecular flexibility index (Phi) is 4.15. The number of hydrogen-bond acceptors (Lipinski definition) is 2. The van der Waals surface area contributed by atoms with E-state index in [1.807, 2.05) is 12.1 Å². The van der Waals surface area contributed by atoms with Gasteiger partial charge in [0.1, 0.15) is 5.82 Å². The molecule has 1 aliphatic carbocycles. The summed E-state index contributed by atoms with van der Waals surface area (Å²) in [6, 6.07) is 7.04. The van der Waals surface area contributed by atoms with Gasteiger partial charge in [0.05, 0.1) is 13.2 Å². The van der Waals surface area contributed by atoms with Crippen molar-refractivity contribution >= 4 is 5.96 Å². The molecule has 0 aromatic heterocycles. The maximum Gasteiger partial charge on any atom is 0.188 e. The molecule has 1 aliphatic rings. The Bertz CT molecular complexity index is 436. The number of ether oxygens (including phenoxy) is 1. The van der Waals surface area contributed by atoms with Gasteiger partial charge in [-0.3, -0.25) is 4.99 Å². The van der Waals surface area contributed by atoms with E-state index in [2.05, 4.69) is 10.3 Å². The molecule has 0 bridgehead atoms. The lowest BCUT2D eigenvalue weighted by Crippen LogP contribution is -2.34. The summed E-state index contributed by atoms with van der Waals surface area (Å²) in [4.78, 5) is 4.11. The van der Waals surface area contributed by atoms with Crippen LogP contribution in [0.4, 0.5) is 4.39 Å². The highest BCUT2D eigenvalue weighted by Crippen LogP contribution is 2.41. The number of methoxy groups -OCH3 is 1. The second-order valence-electron chi connectivity index (χ2n) is 4.37. The van der Waals surface area contributed by atoms with Crippen LogP contribution in [-0.2, 0) is 4.74 Å². The molecule has 0 amide bonds. The topological polar surface area (TPSA) is 59.6 Å². The number of nitrogens with two attached hydrogens (primary N) is 1. The van der Waals surface area contributed by atoms with E-state index in [1.165, 1.54) is 6.07 Å². The van der Waals surface area contributed by atoms with E-state index in [-0.39, 0.29) is 17.8 Å². The average molecular weight is 251 g/mol. The molecule has 4 nitrogen and oxygen atoms in total. The molecule has 1 aromatic rings. The second-order valence-corrected chi connectivity index (χ2v) is 4.37. The van der Waals surface area contributed by atoms with Crippen molar-refractivity contribution in [1.29, 1.82) is 0 Å². The molecule has 5 heteroatoms. The highest BCUT2D eigenvalue weighted by atomic mass is 19.1. The van der Waals surface area contributed by atoms with Crippen LogP contribution in [0.1, 0.15) is 17.9 Å². The molecule has 0 spiro atoms. The normalized spacial score (nSPS) is 22.9. The van der Waals surface area contributed by atoms with Gasteiger partial charge in [-0.25, -0.2) is 4.39 Å². The lowest BCUT2D eigenvalue weighted by atomic mass is 10.1. The first-order valence-electron chi connectivity index (χ1n) is 6.02. The first-order valence-corrected chi connectivity index (χ1v) is 6.02. The van der Waals surface area contributed by atoms with Crippen LogP contribution in [0.25, 0.3) is 0 Å². The van der Waals surface area contributed by atoms with Crippen molar-refractivity contribution in [3.8, 4) is 0 Å². The maximum atomic E-state index is 13.5. The van der Waals surface area contributed by atoms with Crippen LogP contribution < -0.4 is 11.1 Å². The molecule has 0 heterocycles. The summed E-state index contributed by atoms with van der Waals surface area (Å²) in [6.45, 7) is 1.08. The Labute approximate surface area is 106 Å². The van der Waals surface area contributed by atoms with Gasteiger partial charge in [-0.15, -0.1) is 0 Å². The smallest absolute Gasteiger partial charge is 0.188 e. The molecular weight excluding hydrogens is 233 g/mol. The fraction of sp³-hybridized carbons (Fsp3) is 0.462. The number of aliphatic imine (C=N–C) groups is 1. The van der Waals surface area contributed by atoms with E-state index in [0.29, 0.717) is 19.1 Å². The number of nitrogens with one attached hydrogen (secondary N) is 1. The number of halogens is 1. The van der Waals surface area contributed by atoms with E-state index < -0.39 is 0 Å². The molecule has 2 rings (SSSR count). The zero-order valence-corrected chi connectivity index (χ0v) is 10.4. The summed E-state index contributed by atoms with van der Waals surface area (Å²) in [5, 5.41) is 3.09. The van der Waals surface area contributed by atoms with Gasteiger partial charge in [-0.1, -0.05) is 18.2 Å². The molecule has 2 atom stereocenters. The van der Waals surface area contributed by atoms with Crippen molar-refractivity contribution in [1.82, 2.24) is 5.32 Å². The zero-order chi connectivity index (χ0) is 13.0. The summed E-state index contributed by atoms with van der Waals surface area (Å²) >= 11 is 0. The van der Waals surface area contributed by atoms with Gasteiger partial charge in [0.2, 0.25) is 0 Å². The fourth-order valence-corrected chi connectivity index (χ4v) is 1.97. The van der Waals surface area contributed by atoms with Crippen LogP contribution in [0.2, 0.25) is 0 Å². The summed E-state index contributed by atoms with van der Waals surface area (Å²) in [5.74, 6) is 0.444. The van der Waals surface area contributed by atoms with Crippen molar-refractivity contribution in [2.75, 3.05) is 20.3 Å². The van der Waals surface area contributed by atoms with E-state index >= 15 is 0 Å². The Morgan fingerprint density at radius 3 is 3.06 bits per heavy atom. The van der Waals surface area contributed by atoms with E-state index in [0.717, 1.165) is 12.0 Å². The van der Waals surface area contributed by atoms with Crippen LogP contribution in [0.5, 0.6) is 0 Å². The minimum Gasteiger partial charge on any atom is -0.383 e. The number of hydrogen-bond donors (Lipinski definition) is 2. The summed E-state index contributed by atoms with van der Waals surface area (Å²) in [5.41, 5.74) is 6.47. The standard InChI is InChI=1S/C13H18FN3O/c1-18-7-6-16-13(15)17-12-8-10(12)9-4-2-3-5-11(9)14/h2-5,10,12H,6-8H2,1H3,(H3,15,16,17). The van der Waals surface area contributed by atoms with Crippen molar-refractivity contribution < 1.29 is 9.13 Å².